The fraction of sp³-hybridized carbons (Fsp3) is 0.333. The number of carbonyl (C=O) groups is 1. The summed E-state index contributed by atoms with van der Waals surface area (Å²) < 4.78 is 1.79. The molecule has 1 aromatic heterocycles. The van der Waals surface area contributed by atoms with Crippen LogP contribution >= 0.6 is 23.2 Å². The van der Waals surface area contributed by atoms with Crippen molar-refractivity contribution < 1.29 is 4.79 Å². The van der Waals surface area contributed by atoms with Gasteiger partial charge in [-0.2, -0.15) is 0 Å². The van der Waals surface area contributed by atoms with Gasteiger partial charge in [0.05, 0.1) is 5.02 Å². The summed E-state index contributed by atoms with van der Waals surface area (Å²) in [5.74, 6) is 0.585. The Bertz CT molecular complexity index is 1110. The quantitative estimate of drug-likeness (QED) is 0.323. The van der Waals surface area contributed by atoms with Crippen molar-refractivity contribution in [1.29, 1.82) is 0 Å². The summed E-state index contributed by atoms with van der Waals surface area (Å²) >= 11 is 11.6. The van der Waals surface area contributed by atoms with E-state index >= 15 is 0 Å². The summed E-state index contributed by atoms with van der Waals surface area (Å²) in [5.41, 5.74) is 8.09. The second kappa shape index (κ2) is 10.3. The molecule has 2 amide bonds. The standard InChI is InChI=1S/C24H29AsCl2N4O/c1-24(2,3)20-15-21(29-23(32)28-19-11-7-10-18(26)22(19)27)31(30-20)17-9-6-8-16(14-17)12-13-25(4)5/h6-11,14-15H,12-13H2,1-5H3,(H2,28,29,32). The Kier molecular flexibility index (Phi) is 7.97. The number of nitrogens with one attached hydrogen (secondary N) is 2. The van der Waals surface area contributed by atoms with Gasteiger partial charge in [0.1, 0.15) is 0 Å². The Labute approximate surface area is 204 Å². The third kappa shape index (κ3) is 6.31. The second-order valence-electron chi connectivity index (χ2n) is 8.98. The molecule has 0 radical (unpaired) electrons. The third-order valence-corrected chi connectivity index (χ3v) is 8.09. The average molecular weight is 535 g/mol. The van der Waals surface area contributed by atoms with Crippen LogP contribution in [0.1, 0.15) is 32.0 Å². The first kappa shape index (κ1) is 24.7. The normalized spacial score (nSPS) is 11.6. The van der Waals surface area contributed by atoms with Gasteiger partial charge in [0.2, 0.25) is 0 Å². The van der Waals surface area contributed by atoms with E-state index in [0.717, 1.165) is 17.8 Å². The molecule has 0 aliphatic carbocycles. The molecule has 3 aromatic rings. The predicted octanol–water partition coefficient (Wildman–Crippen LogP) is 7.42. The van der Waals surface area contributed by atoms with Gasteiger partial charge in [-0.1, -0.05) is 29.3 Å². The van der Waals surface area contributed by atoms with Crippen molar-refractivity contribution in [2.75, 3.05) is 10.6 Å². The molecular weight excluding hydrogens is 506 g/mol. The van der Waals surface area contributed by atoms with Crippen LogP contribution in [0, 0.1) is 0 Å². The van der Waals surface area contributed by atoms with E-state index in [4.69, 9.17) is 28.3 Å². The van der Waals surface area contributed by atoms with Gasteiger partial charge in [-0.25, -0.2) is 0 Å². The maximum atomic E-state index is 12.8. The molecular formula is C24H29AsCl2N4O. The molecule has 5 nitrogen and oxygen atoms in total. The fourth-order valence-corrected chi connectivity index (χ4v) is 4.93. The molecule has 0 aliphatic rings. The number of aromatic nitrogens is 2. The molecule has 0 unspecified atom stereocenters. The first-order valence-corrected chi connectivity index (χ1v) is 16.2. The number of rotatable bonds is 6. The Morgan fingerprint density at radius 2 is 1.78 bits per heavy atom. The minimum atomic E-state index is -0.691. The van der Waals surface area contributed by atoms with Crippen molar-refractivity contribution in [3.63, 3.8) is 0 Å². The SMILES string of the molecule is C[As](C)CCc1cccc(-n2nc(C(C)(C)C)cc2NC(=O)Nc2cccc(Cl)c2Cl)c1. The van der Waals surface area contributed by atoms with Crippen molar-refractivity contribution in [2.24, 2.45) is 0 Å². The Hall–Kier alpha value is -1.94. The maximum absolute atomic E-state index is 12.8. The van der Waals surface area contributed by atoms with Crippen LogP contribution in [-0.4, -0.2) is 30.5 Å². The summed E-state index contributed by atoms with van der Waals surface area (Å²) in [4.78, 5) is 12.8. The summed E-state index contributed by atoms with van der Waals surface area (Å²) in [6.45, 7) is 6.29. The summed E-state index contributed by atoms with van der Waals surface area (Å²) in [5, 5.41) is 12.4. The van der Waals surface area contributed by atoms with Gasteiger partial charge in [-0.05, 0) is 6.07 Å². The number of carbonyl (C=O) groups excluding carboxylic acids is 1. The number of hydrogen-bond donors (Lipinski definition) is 2. The van der Waals surface area contributed by atoms with Gasteiger partial charge in [-0.15, -0.1) is 0 Å². The molecule has 0 saturated heterocycles. The average Bonchev–Trinajstić information content (AvgIpc) is 3.14. The molecule has 32 heavy (non-hydrogen) atoms. The number of anilines is 2. The predicted molar refractivity (Wildman–Crippen MR) is 137 cm³/mol. The van der Waals surface area contributed by atoms with Crippen LogP contribution in [0.5, 0.6) is 0 Å². The van der Waals surface area contributed by atoms with Gasteiger partial charge in [0.25, 0.3) is 0 Å². The second-order valence-corrected chi connectivity index (χ2v) is 15.2. The van der Waals surface area contributed by atoms with E-state index in [2.05, 4.69) is 55.0 Å². The molecule has 8 heteroatoms. The molecule has 0 bridgehead atoms. The number of hydrogen-bond acceptors (Lipinski definition) is 2. The molecule has 170 valence electrons. The summed E-state index contributed by atoms with van der Waals surface area (Å²) in [6, 6.07) is 14.9. The topological polar surface area (TPSA) is 59.0 Å². The molecule has 0 aliphatic heterocycles. The van der Waals surface area contributed by atoms with E-state index in [-0.39, 0.29) is 5.41 Å². The molecule has 2 N–H and O–H groups in total. The summed E-state index contributed by atoms with van der Waals surface area (Å²) in [7, 11) is 0. The molecule has 0 spiro atoms. The van der Waals surface area contributed by atoms with Crippen LogP contribution in [0.25, 0.3) is 5.69 Å². The number of urea groups is 1. The molecule has 0 fully saturated rings. The molecule has 0 saturated carbocycles. The zero-order valence-electron chi connectivity index (χ0n) is 19.0. The van der Waals surface area contributed by atoms with E-state index in [1.54, 1.807) is 22.9 Å². The van der Waals surface area contributed by atoms with Crippen LogP contribution in [0.4, 0.5) is 16.3 Å². The first-order chi connectivity index (χ1) is 15.0. The third-order valence-electron chi connectivity index (χ3n) is 4.92. The zero-order chi connectivity index (χ0) is 23.5. The van der Waals surface area contributed by atoms with Gasteiger partial charge in [-0.3, -0.25) is 0 Å². The minimum absolute atomic E-state index is 0.171. The van der Waals surface area contributed by atoms with Crippen LogP contribution < -0.4 is 10.6 Å². The molecule has 3 rings (SSSR count). The van der Waals surface area contributed by atoms with Crippen LogP contribution in [0.3, 0.4) is 0 Å². The van der Waals surface area contributed by atoms with Gasteiger partial charge >= 0.3 is 165 Å². The van der Waals surface area contributed by atoms with Crippen molar-refractivity contribution in [1.82, 2.24) is 9.78 Å². The van der Waals surface area contributed by atoms with Gasteiger partial charge in [0, 0.05) is 0 Å². The number of aryl methyl sites for hydroxylation is 1. The van der Waals surface area contributed by atoms with Crippen molar-refractivity contribution in [2.45, 2.75) is 49.2 Å². The zero-order valence-corrected chi connectivity index (χ0v) is 22.4. The Morgan fingerprint density at radius 3 is 2.47 bits per heavy atom. The van der Waals surface area contributed by atoms with E-state index in [0.29, 0.717) is 21.6 Å². The van der Waals surface area contributed by atoms with Crippen LogP contribution in [-0.2, 0) is 11.8 Å². The molecule has 1 heterocycles. The van der Waals surface area contributed by atoms with Gasteiger partial charge in [0.15, 0.2) is 0 Å². The summed E-state index contributed by atoms with van der Waals surface area (Å²) in [6.07, 6.45) is 1.06. The van der Waals surface area contributed by atoms with Crippen molar-refractivity contribution >= 4 is 55.4 Å². The van der Waals surface area contributed by atoms with Gasteiger partial charge < -0.3 is 0 Å². The Balaban J connectivity index is 1.91. The monoisotopic (exact) mass is 534 g/mol. The van der Waals surface area contributed by atoms with E-state index in [9.17, 15) is 4.79 Å². The number of nitrogens with zero attached hydrogens (tertiary/aromatic N) is 2. The molecule has 2 aromatic carbocycles. The van der Waals surface area contributed by atoms with Crippen LogP contribution in [0.2, 0.25) is 26.7 Å². The molecule has 0 atom stereocenters. The van der Waals surface area contributed by atoms with Crippen molar-refractivity contribution in [3.05, 3.63) is 69.8 Å². The number of benzene rings is 2. The number of amides is 2. The van der Waals surface area contributed by atoms with Crippen molar-refractivity contribution in [3.8, 4) is 5.69 Å². The van der Waals surface area contributed by atoms with Crippen LogP contribution in [0.15, 0.2) is 48.5 Å². The van der Waals surface area contributed by atoms with E-state index in [1.807, 2.05) is 18.2 Å². The van der Waals surface area contributed by atoms with E-state index < -0.39 is 20.7 Å². The first-order valence-electron chi connectivity index (χ1n) is 10.4. The van der Waals surface area contributed by atoms with E-state index in [1.165, 1.54) is 10.8 Å². The fourth-order valence-electron chi connectivity index (χ4n) is 3.10. The Morgan fingerprint density at radius 1 is 1.06 bits per heavy atom. The number of halogens is 2.